The van der Waals surface area contributed by atoms with Gasteiger partial charge in [-0.2, -0.15) is 0 Å². The molecule has 3 heteroatoms. The van der Waals surface area contributed by atoms with Gasteiger partial charge in [-0.3, -0.25) is 0 Å². The van der Waals surface area contributed by atoms with Gasteiger partial charge >= 0.3 is 0 Å². The maximum absolute atomic E-state index is 4.99. The molecule has 0 N–H and O–H groups in total. The van der Waals surface area contributed by atoms with Crippen molar-refractivity contribution in [3.8, 4) is 0 Å². The lowest BCUT2D eigenvalue weighted by molar-refractivity contribution is 0.397. The Morgan fingerprint density at radius 1 is 1.45 bits per heavy atom. The van der Waals surface area contributed by atoms with Crippen molar-refractivity contribution >= 4 is 5.82 Å². The summed E-state index contributed by atoms with van der Waals surface area (Å²) in [5.74, 6) is 1.90. The third kappa shape index (κ3) is 1.23. The van der Waals surface area contributed by atoms with Gasteiger partial charge in [0.15, 0.2) is 5.82 Å². The predicted octanol–water partition coefficient (Wildman–Crippen LogP) is 1.58. The lowest BCUT2D eigenvalue weighted by Gasteiger charge is -2.11. The van der Waals surface area contributed by atoms with E-state index in [2.05, 4.69) is 10.1 Å². The second-order valence-electron chi connectivity index (χ2n) is 2.99. The Kier molecular flexibility index (Phi) is 1.56. The van der Waals surface area contributed by atoms with E-state index in [0.717, 1.165) is 24.7 Å². The van der Waals surface area contributed by atoms with Gasteiger partial charge in [-0.05, 0) is 19.8 Å². The molecule has 3 nitrogen and oxygen atoms in total. The van der Waals surface area contributed by atoms with Crippen LogP contribution in [0.4, 0.5) is 5.82 Å². The fourth-order valence-electron chi connectivity index (χ4n) is 1.45. The van der Waals surface area contributed by atoms with Crippen LogP contribution in [0.3, 0.4) is 0 Å². The Balaban J connectivity index is 2.15. The highest BCUT2D eigenvalue weighted by atomic mass is 16.5. The molecule has 0 spiro atoms. The molecule has 0 aliphatic carbocycles. The molecule has 60 valence electrons. The van der Waals surface area contributed by atoms with E-state index in [4.69, 9.17) is 4.52 Å². The number of hydrogen-bond acceptors (Lipinski definition) is 3. The van der Waals surface area contributed by atoms with Crippen LogP contribution in [0, 0.1) is 6.92 Å². The van der Waals surface area contributed by atoms with Gasteiger partial charge in [0.2, 0.25) is 0 Å². The van der Waals surface area contributed by atoms with E-state index in [1.165, 1.54) is 12.8 Å². The van der Waals surface area contributed by atoms with Gasteiger partial charge in [-0.15, -0.1) is 0 Å². The molecule has 1 aromatic rings. The number of hydrogen-bond donors (Lipinski definition) is 0. The predicted molar refractivity (Wildman–Crippen MR) is 42.7 cm³/mol. The van der Waals surface area contributed by atoms with Gasteiger partial charge < -0.3 is 9.42 Å². The van der Waals surface area contributed by atoms with Gasteiger partial charge in [0.25, 0.3) is 0 Å². The van der Waals surface area contributed by atoms with E-state index in [-0.39, 0.29) is 0 Å². The summed E-state index contributed by atoms with van der Waals surface area (Å²) in [4.78, 5) is 2.26. The Bertz CT molecular complexity index is 238. The summed E-state index contributed by atoms with van der Waals surface area (Å²) in [6.07, 6.45) is 2.57. The second kappa shape index (κ2) is 2.57. The number of anilines is 1. The van der Waals surface area contributed by atoms with Crippen LogP contribution in [0.25, 0.3) is 0 Å². The normalized spacial score (nSPS) is 17.7. The molecule has 0 atom stereocenters. The Labute approximate surface area is 66.0 Å². The summed E-state index contributed by atoms with van der Waals surface area (Å²) in [6.45, 7) is 4.19. The first-order valence-corrected chi connectivity index (χ1v) is 4.04. The van der Waals surface area contributed by atoms with Crippen LogP contribution in [0.15, 0.2) is 10.6 Å². The maximum atomic E-state index is 4.99. The third-order valence-electron chi connectivity index (χ3n) is 2.05. The Morgan fingerprint density at radius 2 is 2.18 bits per heavy atom. The molecule has 0 saturated carbocycles. The summed E-state index contributed by atoms with van der Waals surface area (Å²) < 4.78 is 4.99. The second-order valence-corrected chi connectivity index (χ2v) is 2.99. The van der Waals surface area contributed by atoms with Crippen molar-refractivity contribution in [1.29, 1.82) is 0 Å². The van der Waals surface area contributed by atoms with Crippen LogP contribution >= 0.6 is 0 Å². The fraction of sp³-hybridized carbons (Fsp3) is 0.625. The Hall–Kier alpha value is -0.990. The van der Waals surface area contributed by atoms with E-state index >= 15 is 0 Å². The van der Waals surface area contributed by atoms with E-state index in [9.17, 15) is 0 Å². The maximum Gasteiger partial charge on any atom is 0.172 e. The third-order valence-corrected chi connectivity index (χ3v) is 2.05. The van der Waals surface area contributed by atoms with E-state index in [0.29, 0.717) is 0 Å². The molecule has 1 saturated heterocycles. The highest BCUT2D eigenvalue weighted by molar-refractivity contribution is 5.38. The molecule has 1 aliphatic rings. The summed E-state index contributed by atoms with van der Waals surface area (Å²) in [5, 5.41) is 3.95. The molecule has 1 aromatic heterocycles. The average Bonchev–Trinajstić information content (AvgIpc) is 2.55. The summed E-state index contributed by atoms with van der Waals surface area (Å²) in [7, 11) is 0. The van der Waals surface area contributed by atoms with Crippen LogP contribution in [0.2, 0.25) is 0 Å². The number of aryl methyl sites for hydroxylation is 1. The summed E-state index contributed by atoms with van der Waals surface area (Å²) in [5.41, 5.74) is 0. The van der Waals surface area contributed by atoms with Crippen molar-refractivity contribution in [2.75, 3.05) is 18.0 Å². The lowest BCUT2D eigenvalue weighted by Crippen LogP contribution is -2.17. The number of aromatic nitrogens is 1. The first kappa shape index (κ1) is 6.70. The largest absolute Gasteiger partial charge is 0.360 e. The van der Waals surface area contributed by atoms with Gasteiger partial charge in [-0.25, -0.2) is 0 Å². The summed E-state index contributed by atoms with van der Waals surface area (Å²) in [6, 6.07) is 1.99. The zero-order chi connectivity index (χ0) is 7.68. The molecule has 11 heavy (non-hydrogen) atoms. The summed E-state index contributed by atoms with van der Waals surface area (Å²) >= 11 is 0. The first-order chi connectivity index (χ1) is 5.36. The van der Waals surface area contributed by atoms with Crippen molar-refractivity contribution in [1.82, 2.24) is 5.16 Å². The fourth-order valence-corrected chi connectivity index (χ4v) is 1.45. The quantitative estimate of drug-likeness (QED) is 0.612. The minimum atomic E-state index is 0.895. The van der Waals surface area contributed by atoms with Gasteiger partial charge in [-0.1, -0.05) is 5.16 Å². The highest BCUT2D eigenvalue weighted by Gasteiger charge is 2.14. The zero-order valence-corrected chi connectivity index (χ0v) is 6.71. The molecular formula is C8H12N2O. The zero-order valence-electron chi connectivity index (χ0n) is 6.71. The van der Waals surface area contributed by atoms with Crippen molar-refractivity contribution in [2.45, 2.75) is 19.8 Å². The lowest BCUT2D eigenvalue weighted by atomic mass is 10.4. The monoisotopic (exact) mass is 152 g/mol. The average molecular weight is 152 g/mol. The molecule has 2 rings (SSSR count). The molecule has 2 heterocycles. The Morgan fingerprint density at radius 3 is 2.73 bits per heavy atom. The minimum Gasteiger partial charge on any atom is -0.360 e. The molecule has 0 bridgehead atoms. The van der Waals surface area contributed by atoms with Gasteiger partial charge in [0.1, 0.15) is 5.76 Å². The SMILES string of the molecule is Cc1cc(N2CCCC2)no1. The van der Waals surface area contributed by atoms with Crippen molar-refractivity contribution in [2.24, 2.45) is 0 Å². The smallest absolute Gasteiger partial charge is 0.172 e. The highest BCUT2D eigenvalue weighted by Crippen LogP contribution is 2.18. The first-order valence-electron chi connectivity index (χ1n) is 4.04. The topological polar surface area (TPSA) is 29.3 Å². The van der Waals surface area contributed by atoms with E-state index in [1.807, 2.05) is 13.0 Å². The molecule has 0 radical (unpaired) electrons. The van der Waals surface area contributed by atoms with Crippen molar-refractivity contribution in [3.63, 3.8) is 0 Å². The van der Waals surface area contributed by atoms with Crippen molar-refractivity contribution < 1.29 is 4.52 Å². The molecule has 0 unspecified atom stereocenters. The van der Waals surface area contributed by atoms with Gasteiger partial charge in [0.05, 0.1) is 0 Å². The van der Waals surface area contributed by atoms with E-state index < -0.39 is 0 Å². The van der Waals surface area contributed by atoms with Crippen LogP contribution in [-0.2, 0) is 0 Å². The molecule has 0 aromatic carbocycles. The molecule has 1 fully saturated rings. The minimum absolute atomic E-state index is 0.895. The van der Waals surface area contributed by atoms with Crippen LogP contribution < -0.4 is 4.90 Å². The van der Waals surface area contributed by atoms with Crippen LogP contribution in [0.1, 0.15) is 18.6 Å². The molecule has 0 amide bonds. The van der Waals surface area contributed by atoms with E-state index in [1.54, 1.807) is 0 Å². The standard InChI is InChI=1S/C8H12N2O/c1-7-6-8(9-11-7)10-4-2-3-5-10/h6H,2-5H2,1H3. The molecule has 1 aliphatic heterocycles. The number of rotatable bonds is 1. The van der Waals surface area contributed by atoms with Crippen LogP contribution in [-0.4, -0.2) is 18.2 Å². The number of nitrogens with zero attached hydrogens (tertiary/aromatic N) is 2. The van der Waals surface area contributed by atoms with Crippen molar-refractivity contribution in [3.05, 3.63) is 11.8 Å². The van der Waals surface area contributed by atoms with Crippen LogP contribution in [0.5, 0.6) is 0 Å². The van der Waals surface area contributed by atoms with Gasteiger partial charge in [0, 0.05) is 19.2 Å². The molecular weight excluding hydrogens is 140 g/mol.